The minimum absolute atomic E-state index is 0.0254. The van der Waals surface area contributed by atoms with Gasteiger partial charge in [0.25, 0.3) is 0 Å². The number of nitrogens with one attached hydrogen (secondary N) is 3. The highest BCUT2D eigenvalue weighted by Gasteiger charge is 2.33. The number of ketones is 1. The van der Waals surface area contributed by atoms with Gasteiger partial charge >= 0.3 is 0 Å². The van der Waals surface area contributed by atoms with E-state index in [0.717, 1.165) is 18.4 Å². The van der Waals surface area contributed by atoms with Crippen molar-refractivity contribution < 1.29 is 39.6 Å². The van der Waals surface area contributed by atoms with Crippen LogP contribution in [0.4, 0.5) is 0 Å². The number of carbonyl (C=O) groups is 4. The van der Waals surface area contributed by atoms with Crippen LogP contribution in [0.2, 0.25) is 0 Å². The minimum Gasteiger partial charge on any atom is -0.396 e. The van der Waals surface area contributed by atoms with E-state index in [0.29, 0.717) is 13.0 Å². The Bertz CT molecular complexity index is 953. The Morgan fingerprint density at radius 3 is 1.67 bits per heavy atom. The van der Waals surface area contributed by atoms with E-state index in [1.807, 2.05) is 30.3 Å². The maximum absolute atomic E-state index is 11.8. The molecule has 0 heterocycles. The van der Waals surface area contributed by atoms with Crippen LogP contribution in [0.5, 0.6) is 0 Å². The molecule has 0 fully saturated rings. The first kappa shape index (κ1) is 40.1. The highest BCUT2D eigenvalue weighted by Crippen LogP contribution is 2.20. The Kier molecular flexibility index (Phi) is 20.3. The molecule has 0 unspecified atom stereocenters. The Hall–Kier alpha value is -2.86. The maximum Gasteiger partial charge on any atom is 0.249 e. The lowest BCUT2D eigenvalue weighted by atomic mass is 9.87. The van der Waals surface area contributed by atoms with E-state index in [2.05, 4.69) is 22.9 Å². The molecule has 0 aliphatic rings. The van der Waals surface area contributed by atoms with Gasteiger partial charge < -0.3 is 36.4 Å². The summed E-state index contributed by atoms with van der Waals surface area (Å²) in [5, 5.41) is 45.6. The number of Topliss-reactive ketones (excluding diaryl/α,β-unsaturated/α-hetero) is 1. The van der Waals surface area contributed by atoms with Gasteiger partial charge in [0.1, 0.15) is 18.0 Å². The lowest BCUT2D eigenvalue weighted by molar-refractivity contribution is -0.137. The molecule has 0 aliphatic carbocycles. The van der Waals surface area contributed by atoms with E-state index >= 15 is 0 Å². The van der Waals surface area contributed by atoms with Gasteiger partial charge in [-0.25, -0.2) is 0 Å². The summed E-state index contributed by atoms with van der Waals surface area (Å²) < 4.78 is 0. The number of unbranched alkanes of at least 4 members (excludes halogenated alkanes) is 4. The number of aliphatic hydroxyl groups excluding tert-OH is 4. The van der Waals surface area contributed by atoms with Crippen LogP contribution in [0.25, 0.3) is 0 Å². The molecule has 0 saturated carbocycles. The van der Waals surface area contributed by atoms with Crippen LogP contribution in [0.1, 0.15) is 85.1 Å². The maximum atomic E-state index is 11.8. The van der Waals surface area contributed by atoms with Crippen molar-refractivity contribution in [2.24, 2.45) is 10.8 Å². The van der Waals surface area contributed by atoms with Crippen molar-refractivity contribution in [1.82, 2.24) is 16.0 Å². The summed E-state index contributed by atoms with van der Waals surface area (Å²) in [5.74, 6) is -1.21. The van der Waals surface area contributed by atoms with Crippen molar-refractivity contribution in [2.75, 3.05) is 32.8 Å². The van der Waals surface area contributed by atoms with Gasteiger partial charge in [0.05, 0.1) is 13.2 Å². The van der Waals surface area contributed by atoms with Gasteiger partial charge in [-0.05, 0) is 12.0 Å². The Morgan fingerprint density at radius 1 is 0.698 bits per heavy atom. The Morgan fingerprint density at radius 2 is 1.19 bits per heavy atom. The van der Waals surface area contributed by atoms with E-state index in [4.69, 9.17) is 10.2 Å². The van der Waals surface area contributed by atoms with E-state index in [-0.39, 0.29) is 50.8 Å². The Balaban J connectivity index is 0.000000821. The summed E-state index contributed by atoms with van der Waals surface area (Å²) in [7, 11) is 0. The summed E-state index contributed by atoms with van der Waals surface area (Å²) in [4.78, 5) is 46.7. The molecule has 11 heteroatoms. The second kappa shape index (κ2) is 21.8. The lowest BCUT2D eigenvalue weighted by Crippen LogP contribution is -2.46. The van der Waals surface area contributed by atoms with Crippen molar-refractivity contribution in [1.29, 1.82) is 0 Å². The molecule has 2 atom stereocenters. The van der Waals surface area contributed by atoms with Crippen LogP contribution >= 0.6 is 0 Å². The number of hydrogen-bond acceptors (Lipinski definition) is 8. The molecular weight excluding hydrogens is 554 g/mol. The SMILES string of the molecule is CC(C)(CO)[C@@H](O)C(=O)NCCC(=O)Cc1ccccc1.CCCCCCCNC(=O)CCNC(=O)[C@H](O)C(C)(C)CO. The molecule has 1 rings (SSSR count). The van der Waals surface area contributed by atoms with Crippen LogP contribution in [-0.2, 0) is 25.6 Å². The molecule has 7 N–H and O–H groups in total. The molecule has 43 heavy (non-hydrogen) atoms. The quantitative estimate of drug-likeness (QED) is 0.109. The summed E-state index contributed by atoms with van der Waals surface area (Å²) >= 11 is 0. The standard InChI is InChI=1S/C16H32N2O4.C16H23NO4/c1-4-5-6-7-8-10-17-13(20)9-11-18-15(22)14(21)16(2,3)12-19;1-16(2,11-18)14(20)15(21)17-9-8-13(19)10-12-6-4-3-5-7-12/h14,19,21H,4-12H2,1-3H3,(H,17,20)(H,18,22);3-7,14,18,20H,8-11H2,1-2H3,(H,17,21)/t2*14-/m00/s1. The first-order chi connectivity index (χ1) is 20.2. The summed E-state index contributed by atoms with van der Waals surface area (Å²) in [6.07, 6.45) is 3.86. The van der Waals surface area contributed by atoms with Crippen molar-refractivity contribution in [2.45, 2.75) is 98.2 Å². The van der Waals surface area contributed by atoms with Gasteiger partial charge in [-0.2, -0.15) is 0 Å². The van der Waals surface area contributed by atoms with Crippen molar-refractivity contribution in [3.05, 3.63) is 35.9 Å². The van der Waals surface area contributed by atoms with E-state index in [1.54, 1.807) is 27.7 Å². The topological polar surface area (TPSA) is 185 Å². The van der Waals surface area contributed by atoms with Crippen LogP contribution in [0.3, 0.4) is 0 Å². The number of carbonyl (C=O) groups excluding carboxylic acids is 4. The van der Waals surface area contributed by atoms with Crippen molar-refractivity contribution >= 4 is 23.5 Å². The van der Waals surface area contributed by atoms with Crippen LogP contribution in [-0.4, -0.2) is 89.0 Å². The van der Waals surface area contributed by atoms with Gasteiger partial charge in [-0.1, -0.05) is 90.6 Å². The highest BCUT2D eigenvalue weighted by atomic mass is 16.3. The van der Waals surface area contributed by atoms with Crippen molar-refractivity contribution in [3.8, 4) is 0 Å². The van der Waals surface area contributed by atoms with E-state index in [1.165, 1.54) is 19.3 Å². The molecule has 0 radical (unpaired) electrons. The molecule has 246 valence electrons. The number of amides is 3. The van der Waals surface area contributed by atoms with E-state index in [9.17, 15) is 29.4 Å². The average Bonchev–Trinajstić information content (AvgIpc) is 2.98. The van der Waals surface area contributed by atoms with Gasteiger partial charge in [0, 0.05) is 49.7 Å². The average molecular weight is 610 g/mol. The molecule has 0 aliphatic heterocycles. The van der Waals surface area contributed by atoms with Crippen LogP contribution in [0.15, 0.2) is 30.3 Å². The molecule has 0 spiro atoms. The second-order valence-electron chi connectivity index (χ2n) is 12.1. The summed E-state index contributed by atoms with van der Waals surface area (Å²) in [5.41, 5.74) is -0.863. The molecule has 0 aromatic heterocycles. The monoisotopic (exact) mass is 609 g/mol. The number of rotatable bonds is 20. The number of aliphatic hydroxyl groups is 4. The molecule has 11 nitrogen and oxygen atoms in total. The highest BCUT2D eigenvalue weighted by molar-refractivity contribution is 5.84. The predicted octanol–water partition coefficient (Wildman–Crippen LogP) is 1.64. The molecule has 1 aromatic rings. The van der Waals surface area contributed by atoms with Gasteiger partial charge in [0.2, 0.25) is 17.7 Å². The van der Waals surface area contributed by atoms with Gasteiger partial charge in [0.15, 0.2) is 0 Å². The first-order valence-corrected chi connectivity index (χ1v) is 15.2. The second-order valence-corrected chi connectivity index (χ2v) is 12.1. The molecule has 3 amide bonds. The molecule has 1 aromatic carbocycles. The fourth-order valence-corrected chi connectivity index (χ4v) is 3.66. The zero-order valence-electron chi connectivity index (χ0n) is 26.7. The van der Waals surface area contributed by atoms with Crippen molar-refractivity contribution in [3.63, 3.8) is 0 Å². The number of benzene rings is 1. The fraction of sp³-hybridized carbons (Fsp3) is 0.688. The Labute approximate surface area is 256 Å². The zero-order valence-corrected chi connectivity index (χ0v) is 26.7. The van der Waals surface area contributed by atoms with Gasteiger partial charge in [-0.15, -0.1) is 0 Å². The zero-order chi connectivity index (χ0) is 32.9. The normalized spacial score (nSPS) is 12.8. The summed E-state index contributed by atoms with van der Waals surface area (Å²) in [6, 6.07) is 9.39. The molecular formula is C32H55N3O8. The molecule has 0 bridgehead atoms. The lowest BCUT2D eigenvalue weighted by Gasteiger charge is -2.27. The number of hydrogen-bond donors (Lipinski definition) is 7. The minimum atomic E-state index is -1.30. The third-order valence-corrected chi connectivity index (χ3v) is 6.99. The van der Waals surface area contributed by atoms with Crippen LogP contribution in [0, 0.1) is 10.8 Å². The smallest absolute Gasteiger partial charge is 0.249 e. The fourth-order valence-electron chi connectivity index (χ4n) is 3.66. The van der Waals surface area contributed by atoms with E-state index < -0.39 is 34.9 Å². The third-order valence-electron chi connectivity index (χ3n) is 6.99. The van der Waals surface area contributed by atoms with Crippen LogP contribution < -0.4 is 16.0 Å². The third kappa shape index (κ3) is 17.8. The largest absolute Gasteiger partial charge is 0.396 e. The molecule has 0 saturated heterocycles. The van der Waals surface area contributed by atoms with Gasteiger partial charge in [-0.3, -0.25) is 19.2 Å². The predicted molar refractivity (Wildman–Crippen MR) is 166 cm³/mol. The first-order valence-electron chi connectivity index (χ1n) is 15.2. The summed E-state index contributed by atoms with van der Waals surface area (Å²) in [6.45, 7) is 8.99.